The Kier molecular flexibility index (Phi) is 8.86. The largest absolute Gasteiger partial charge is 0.456 e. The average molecular weight is 1040 g/mol. The van der Waals surface area contributed by atoms with Crippen molar-refractivity contribution in [2.75, 3.05) is 4.90 Å². The van der Waals surface area contributed by atoms with Crippen LogP contribution in [0.15, 0.2) is 253 Å². The molecule has 0 bridgehead atoms. The molecule has 5 heteroatoms. The van der Waals surface area contributed by atoms with Gasteiger partial charge in [-0.25, -0.2) is 0 Å². The van der Waals surface area contributed by atoms with Crippen LogP contribution in [-0.2, 0) is 5.41 Å². The summed E-state index contributed by atoms with van der Waals surface area (Å²) in [6, 6.07) is 92.3. The molecule has 4 heterocycles. The summed E-state index contributed by atoms with van der Waals surface area (Å²) in [5.41, 5.74) is 19.7. The van der Waals surface area contributed by atoms with Gasteiger partial charge in [0.1, 0.15) is 11.2 Å². The van der Waals surface area contributed by atoms with E-state index in [1.807, 2.05) is 11.3 Å². The molecule has 4 aromatic heterocycles. The van der Waals surface area contributed by atoms with Gasteiger partial charge in [0.05, 0.1) is 43.5 Å². The van der Waals surface area contributed by atoms with Gasteiger partial charge in [-0.15, -0.1) is 11.3 Å². The topological polar surface area (TPSA) is 26.2 Å². The van der Waals surface area contributed by atoms with Crippen LogP contribution < -0.4 is 4.90 Å². The van der Waals surface area contributed by atoms with Crippen LogP contribution in [0.2, 0.25) is 0 Å². The number of furan rings is 1. The number of hydrogen-bond donors (Lipinski definition) is 0. The number of para-hydroxylation sites is 4. The van der Waals surface area contributed by atoms with Gasteiger partial charge < -0.3 is 18.5 Å². The molecule has 0 spiro atoms. The molecule has 0 amide bonds. The quantitative estimate of drug-likeness (QED) is 0.155. The lowest BCUT2D eigenvalue weighted by Gasteiger charge is -2.29. The maximum Gasteiger partial charge on any atom is 0.138 e. The molecule has 0 saturated heterocycles. The number of thiophene rings is 1. The minimum atomic E-state index is -0.119. The molecule has 0 atom stereocenters. The fourth-order valence-electron chi connectivity index (χ4n) is 14.4. The second-order valence-electron chi connectivity index (χ2n) is 22.3. The number of fused-ring (bicyclic) bond motifs is 17. The van der Waals surface area contributed by atoms with Crippen molar-refractivity contribution in [3.8, 4) is 33.6 Å². The zero-order chi connectivity index (χ0) is 52.5. The van der Waals surface area contributed by atoms with Crippen LogP contribution in [0, 0.1) is 0 Å². The predicted molar refractivity (Wildman–Crippen MR) is 339 cm³/mol. The number of benzene rings is 13. The van der Waals surface area contributed by atoms with Crippen molar-refractivity contribution in [3.05, 3.63) is 260 Å². The summed E-state index contributed by atoms with van der Waals surface area (Å²) >= 11 is 1.91. The maximum atomic E-state index is 6.92. The standard InChI is InChI=1S/C75H47N3OS/c1-75(2)59-29-13-8-24-51(59)56-41-47(39-40-60(56)75)77(61-30-14-9-21-48(61)44-19-4-3-5-20-44)64-33-18-28-55-69-67(80-74(55)64)43-58-50-23-7-6-22-49(50)57-42-66-68(54-27-12-17-34-65(54)79-66)72-70(57)71(58)73(69)78(72)46-37-35-45(36-38-46)76-62-31-15-10-25-52(62)53-26-11-16-32-63(53)76/h3-43H,1-2H3. The van der Waals surface area contributed by atoms with E-state index in [1.165, 1.54) is 119 Å². The molecule has 0 fully saturated rings. The van der Waals surface area contributed by atoms with Gasteiger partial charge in [-0.05, 0) is 128 Å². The third-order valence-corrected chi connectivity index (χ3v) is 19.0. The Morgan fingerprint density at radius 1 is 0.375 bits per heavy atom. The Bertz CT molecular complexity index is 5410. The molecular weight excluding hydrogens is 991 g/mol. The zero-order valence-corrected chi connectivity index (χ0v) is 44.6. The second-order valence-corrected chi connectivity index (χ2v) is 23.3. The van der Waals surface area contributed by atoms with E-state index >= 15 is 0 Å². The third kappa shape index (κ3) is 5.83. The smallest absolute Gasteiger partial charge is 0.138 e. The minimum absolute atomic E-state index is 0.119. The lowest BCUT2D eigenvalue weighted by molar-refractivity contribution is 0.660. The number of rotatable bonds is 6. The average Bonchev–Trinajstić information content (AvgIpc) is 4.13. The molecule has 0 N–H and O–H groups in total. The first-order valence-electron chi connectivity index (χ1n) is 27.7. The van der Waals surface area contributed by atoms with Gasteiger partial charge in [0.25, 0.3) is 0 Å². The maximum absolute atomic E-state index is 6.92. The number of anilines is 3. The predicted octanol–water partition coefficient (Wildman–Crippen LogP) is 21.3. The van der Waals surface area contributed by atoms with E-state index in [0.29, 0.717) is 0 Å². The van der Waals surface area contributed by atoms with Crippen LogP contribution in [0.3, 0.4) is 0 Å². The molecule has 1 aliphatic carbocycles. The molecule has 1 aliphatic rings. The molecule has 17 aromatic rings. The highest BCUT2D eigenvalue weighted by molar-refractivity contribution is 7.26. The SMILES string of the molecule is CC1(C)c2ccccc2-c2cc(N(c3ccccc3-c3ccccc3)c3cccc4c3sc3cc5c6ccccc6c6cc7oc8ccccc8c7c7c6c5c(c34)n7-c3ccc(-n4c5ccccc5c5ccccc54)cc3)ccc21. The Hall–Kier alpha value is -9.94. The fraction of sp³-hybridized carbons (Fsp3) is 0.0400. The van der Waals surface area contributed by atoms with Crippen LogP contribution in [-0.4, -0.2) is 9.13 Å². The summed E-state index contributed by atoms with van der Waals surface area (Å²) in [5.74, 6) is 0. The van der Waals surface area contributed by atoms with Crippen molar-refractivity contribution in [2.45, 2.75) is 19.3 Å². The van der Waals surface area contributed by atoms with E-state index in [-0.39, 0.29) is 5.41 Å². The Balaban J connectivity index is 0.972. The van der Waals surface area contributed by atoms with Gasteiger partial charge in [-0.3, -0.25) is 0 Å². The Morgan fingerprint density at radius 3 is 1.69 bits per heavy atom. The first kappa shape index (κ1) is 44.1. The van der Waals surface area contributed by atoms with Gasteiger partial charge in [-0.1, -0.05) is 184 Å². The normalized spacial score (nSPS) is 13.2. The van der Waals surface area contributed by atoms with E-state index < -0.39 is 0 Å². The monoisotopic (exact) mass is 1040 g/mol. The van der Waals surface area contributed by atoms with E-state index in [0.717, 1.165) is 50.4 Å². The van der Waals surface area contributed by atoms with Crippen molar-refractivity contribution in [1.82, 2.24) is 9.13 Å². The van der Waals surface area contributed by atoms with E-state index in [2.05, 4.69) is 277 Å². The molecule has 13 aromatic carbocycles. The molecule has 0 aliphatic heterocycles. The van der Waals surface area contributed by atoms with Crippen LogP contribution in [0.5, 0.6) is 0 Å². The Morgan fingerprint density at radius 2 is 0.938 bits per heavy atom. The zero-order valence-electron chi connectivity index (χ0n) is 43.8. The number of hydrogen-bond acceptors (Lipinski definition) is 3. The molecule has 0 radical (unpaired) electrons. The van der Waals surface area contributed by atoms with Crippen LogP contribution in [0.25, 0.3) is 141 Å². The first-order chi connectivity index (χ1) is 39.5. The molecule has 0 unspecified atom stereocenters. The van der Waals surface area contributed by atoms with Gasteiger partial charge in [-0.2, -0.15) is 0 Å². The highest BCUT2D eigenvalue weighted by Crippen LogP contribution is 2.56. The van der Waals surface area contributed by atoms with E-state index in [1.54, 1.807) is 0 Å². The molecule has 0 saturated carbocycles. The van der Waals surface area contributed by atoms with Crippen molar-refractivity contribution < 1.29 is 4.42 Å². The van der Waals surface area contributed by atoms with Crippen molar-refractivity contribution in [2.24, 2.45) is 0 Å². The van der Waals surface area contributed by atoms with Crippen LogP contribution in [0.1, 0.15) is 25.0 Å². The second kappa shape index (κ2) is 16.1. The number of nitrogens with zero attached hydrogens (tertiary/aromatic N) is 3. The van der Waals surface area contributed by atoms with Gasteiger partial charge in [0.15, 0.2) is 0 Å². The van der Waals surface area contributed by atoms with Gasteiger partial charge in [0.2, 0.25) is 0 Å². The molecular formula is C75H47N3OS. The van der Waals surface area contributed by atoms with Crippen molar-refractivity contribution >= 4 is 136 Å². The lowest BCUT2D eigenvalue weighted by atomic mass is 9.82. The van der Waals surface area contributed by atoms with Crippen LogP contribution in [0.4, 0.5) is 17.1 Å². The molecule has 374 valence electrons. The Labute approximate surface area is 464 Å². The van der Waals surface area contributed by atoms with Crippen molar-refractivity contribution in [3.63, 3.8) is 0 Å². The fourth-order valence-corrected chi connectivity index (χ4v) is 15.7. The van der Waals surface area contributed by atoms with Gasteiger partial charge in [0, 0.05) is 70.4 Å². The summed E-state index contributed by atoms with van der Waals surface area (Å²) in [5, 5.41) is 14.7. The minimum Gasteiger partial charge on any atom is -0.456 e. The van der Waals surface area contributed by atoms with Gasteiger partial charge >= 0.3 is 0 Å². The number of aromatic nitrogens is 2. The van der Waals surface area contributed by atoms with Crippen LogP contribution >= 0.6 is 11.3 Å². The summed E-state index contributed by atoms with van der Waals surface area (Å²) in [4.78, 5) is 2.54. The van der Waals surface area contributed by atoms with E-state index in [4.69, 9.17) is 4.42 Å². The summed E-state index contributed by atoms with van der Waals surface area (Å²) in [6.45, 7) is 4.73. The summed E-state index contributed by atoms with van der Waals surface area (Å²) in [6.07, 6.45) is 0. The van der Waals surface area contributed by atoms with Crippen molar-refractivity contribution in [1.29, 1.82) is 0 Å². The third-order valence-electron chi connectivity index (χ3n) is 17.8. The van der Waals surface area contributed by atoms with E-state index in [9.17, 15) is 0 Å². The summed E-state index contributed by atoms with van der Waals surface area (Å²) < 4.78 is 14.4. The molecule has 80 heavy (non-hydrogen) atoms. The lowest BCUT2D eigenvalue weighted by Crippen LogP contribution is -2.15. The molecule has 4 nitrogen and oxygen atoms in total. The highest BCUT2D eigenvalue weighted by Gasteiger charge is 2.36. The summed E-state index contributed by atoms with van der Waals surface area (Å²) in [7, 11) is 0. The molecule has 18 rings (SSSR count). The first-order valence-corrected chi connectivity index (χ1v) is 28.5. The highest BCUT2D eigenvalue weighted by atomic mass is 32.1.